The van der Waals surface area contributed by atoms with Gasteiger partial charge in [0, 0.05) is 140 Å². The van der Waals surface area contributed by atoms with E-state index in [0.717, 1.165) is 328 Å². The zero-order chi connectivity index (χ0) is 79.0. The molecule has 0 aliphatic carbocycles. The minimum Gasteiger partial charge on any atom is -0.491 e. The standard InChI is InChI=1S/C21H21N3O3.C18H31N3O3.C13H26O4S2.C11H22O3S2.C10H20O4.C9H19NO3/c1-4-16-10-25-12-18-6-2-8-20(23-18)14-27-15-21-9-3-7-19(24-21)13-26-11-17(5-1)22-16;1-2-6-18-17(5-1)21-11-16-22-12-3-7-19-9-14-23-15-10-20-8-4-13-24-18;14-11-13-12-19-10-7-16-4-1-3-15-6-9-18-8-2-5-17-13;1-2-12-5-10-16-11-7-14-4-3-13-6-9-15-8-1;1-3-11-7-9-13-5-2-6-14-10-8-12-4-1;1-4-11-6-2-10-3-7-13-9-8-12-5-1/h1-9H,10-15H2;1-2,5-6,19-21H,3-4,7-16H2;13-14H,1-12H2;1-11H2;1-10H2;10H,1-9H2. The first kappa shape index (κ1) is 100. The number of thioether (sulfide) groups is 4. The van der Waals surface area contributed by atoms with Crippen LogP contribution in [0, 0.1) is 0 Å². The first-order chi connectivity index (χ1) is 56.2. The highest BCUT2D eigenvalue weighted by Gasteiger charge is 2.11. The van der Waals surface area contributed by atoms with E-state index in [1.54, 1.807) is 11.8 Å². The van der Waals surface area contributed by atoms with Gasteiger partial charge in [0.25, 0.3) is 0 Å². The van der Waals surface area contributed by atoms with Crippen LogP contribution in [0.15, 0.2) is 78.9 Å². The number of nitrogens with zero attached hydrogens (tertiary/aromatic N) is 3. The number of aliphatic hydroxyl groups is 1. The van der Waals surface area contributed by atoms with Crippen molar-refractivity contribution in [3.8, 4) is 5.75 Å². The minimum absolute atomic E-state index is 0.0333. The van der Waals surface area contributed by atoms with Crippen LogP contribution in [-0.2, 0) is 125 Å². The summed E-state index contributed by atoms with van der Waals surface area (Å²) in [5, 5.41) is 22.6. The maximum atomic E-state index is 9.22. The molecule has 4 fully saturated rings. The Kier molecular flexibility index (Phi) is 69.8. The van der Waals surface area contributed by atoms with E-state index in [1.165, 1.54) is 5.75 Å². The molecule has 4 saturated heterocycles. The number of para-hydroxylation sites is 2. The van der Waals surface area contributed by atoms with Gasteiger partial charge in [0.1, 0.15) is 5.75 Å². The molecule has 5 N–H and O–H groups in total. The molecule has 6 aliphatic rings. The number of anilines is 1. The van der Waals surface area contributed by atoms with Gasteiger partial charge < -0.3 is 116 Å². The molecule has 10 rings (SSSR count). The highest BCUT2D eigenvalue weighted by atomic mass is 32.2. The number of benzene rings is 1. The van der Waals surface area contributed by atoms with Gasteiger partial charge >= 0.3 is 0 Å². The summed E-state index contributed by atoms with van der Waals surface area (Å²) in [5.41, 5.74) is 6.26. The van der Waals surface area contributed by atoms with Crippen molar-refractivity contribution in [3.05, 3.63) is 113 Å². The Labute approximate surface area is 692 Å². The third kappa shape index (κ3) is 62.6. The normalized spacial score (nSPS) is 21.6. The lowest BCUT2D eigenvalue weighted by Crippen LogP contribution is -2.26. The molecule has 6 bridgehead atoms. The maximum Gasteiger partial charge on any atom is 0.142 e. The van der Waals surface area contributed by atoms with E-state index < -0.39 is 0 Å². The molecule has 1 atom stereocenters. The Morgan fingerprint density at radius 1 is 0.274 bits per heavy atom. The fourth-order valence-electron chi connectivity index (χ4n) is 10.4. The Bertz CT molecular complexity index is 2320. The first-order valence-corrected chi connectivity index (χ1v) is 45.6. The molecule has 1 aromatic carbocycles. The molecule has 0 saturated carbocycles. The summed E-state index contributed by atoms with van der Waals surface area (Å²) in [5.74, 6) is 9.22. The Hall–Kier alpha value is -3.21. The number of nitrogens with one attached hydrogen (secondary N) is 4. The topological polar surface area (TPSA) is 282 Å². The fraction of sp³-hybridized carbons (Fsp3) is 0.744. The van der Waals surface area contributed by atoms with Crippen LogP contribution in [0.25, 0.3) is 0 Å². The van der Waals surface area contributed by atoms with Gasteiger partial charge in [-0.1, -0.05) is 30.3 Å². The Morgan fingerprint density at radius 2 is 0.584 bits per heavy atom. The van der Waals surface area contributed by atoms with Crippen LogP contribution in [0.4, 0.5) is 5.69 Å². The average molecular weight is 1670 g/mol. The van der Waals surface area contributed by atoms with Crippen molar-refractivity contribution in [3.63, 3.8) is 0 Å². The maximum absolute atomic E-state index is 9.22. The predicted octanol–water partition coefficient (Wildman–Crippen LogP) is 9.26. The van der Waals surface area contributed by atoms with Gasteiger partial charge in [0.15, 0.2) is 0 Å². The monoisotopic (exact) mass is 1670 g/mol. The number of aliphatic hydroxyl groups excluding tert-OH is 1. The number of aromatic nitrogens is 3. The van der Waals surface area contributed by atoms with Gasteiger partial charge in [-0.25, -0.2) is 0 Å². The van der Waals surface area contributed by atoms with Crippen molar-refractivity contribution in [2.24, 2.45) is 0 Å². The quantitative estimate of drug-likeness (QED) is 0.119. The zero-order valence-corrected chi connectivity index (χ0v) is 71.0. The first-order valence-electron chi connectivity index (χ1n) is 41.0. The summed E-state index contributed by atoms with van der Waals surface area (Å²) in [7, 11) is 0. The summed E-state index contributed by atoms with van der Waals surface area (Å²) in [4.78, 5) is 13.8. The molecule has 9 heterocycles. The second kappa shape index (κ2) is 78.6. The molecule has 6 aliphatic heterocycles. The van der Waals surface area contributed by atoms with E-state index in [-0.39, 0.29) is 12.7 Å². The van der Waals surface area contributed by atoms with Crippen LogP contribution < -0.4 is 26.0 Å². The molecule has 0 radical (unpaired) electrons. The molecule has 4 aromatic rings. The van der Waals surface area contributed by atoms with Gasteiger partial charge in [-0.05, 0) is 124 Å². The number of hydrogen-bond acceptors (Lipinski definition) is 31. The molecule has 0 spiro atoms. The Morgan fingerprint density at radius 3 is 1.01 bits per heavy atom. The van der Waals surface area contributed by atoms with Gasteiger partial charge in [0.05, 0.1) is 218 Å². The third-order valence-electron chi connectivity index (χ3n) is 16.2. The Balaban J connectivity index is 0.000000247. The second-order valence-corrected chi connectivity index (χ2v) is 30.7. The van der Waals surface area contributed by atoms with Crippen LogP contribution in [-0.4, -0.2) is 323 Å². The predicted molar refractivity (Wildman–Crippen MR) is 452 cm³/mol. The van der Waals surface area contributed by atoms with Gasteiger partial charge in [-0.3, -0.25) is 15.0 Å². The average Bonchev–Trinajstić information content (AvgIpc) is 0.903. The number of pyridine rings is 3. The second-order valence-electron chi connectivity index (χ2n) is 25.8. The van der Waals surface area contributed by atoms with Crippen molar-refractivity contribution in [1.29, 1.82) is 0 Å². The number of rotatable bonds is 1. The minimum atomic E-state index is -0.0333. The van der Waals surface area contributed by atoms with Crippen molar-refractivity contribution in [2.45, 2.75) is 97.1 Å². The summed E-state index contributed by atoms with van der Waals surface area (Å²) in [6, 6.07) is 25.7. The molecule has 0 amide bonds. The number of hydrogen-bond donors (Lipinski definition) is 5. The van der Waals surface area contributed by atoms with Crippen molar-refractivity contribution in [1.82, 2.24) is 30.9 Å². The molecule has 31 heteroatoms. The molecule has 27 nitrogen and oxygen atoms in total. The molecular weight excluding hydrogens is 1530 g/mol. The lowest BCUT2D eigenvalue weighted by molar-refractivity contribution is 0.00240. The summed E-state index contributed by atoms with van der Waals surface area (Å²) < 4.78 is 105. The summed E-state index contributed by atoms with van der Waals surface area (Å²) >= 11 is 7.51. The highest BCUT2D eigenvalue weighted by Crippen LogP contribution is 2.24. The van der Waals surface area contributed by atoms with Crippen LogP contribution in [0.1, 0.15) is 85.5 Å². The van der Waals surface area contributed by atoms with E-state index in [1.807, 2.05) is 114 Å². The zero-order valence-electron chi connectivity index (χ0n) is 67.7. The van der Waals surface area contributed by atoms with Crippen LogP contribution in [0.3, 0.4) is 0 Å². The molecule has 3 aromatic heterocycles. The van der Waals surface area contributed by atoms with Gasteiger partial charge in [0.2, 0.25) is 0 Å². The molecular formula is C82H139N7O20S4. The smallest absolute Gasteiger partial charge is 0.142 e. The van der Waals surface area contributed by atoms with E-state index in [9.17, 15) is 5.11 Å². The lowest BCUT2D eigenvalue weighted by Gasteiger charge is -2.15. The lowest BCUT2D eigenvalue weighted by atomic mass is 10.3. The summed E-state index contributed by atoms with van der Waals surface area (Å²) in [6.45, 7) is 31.6. The van der Waals surface area contributed by atoms with Crippen LogP contribution in [0.2, 0.25) is 0 Å². The van der Waals surface area contributed by atoms with E-state index in [4.69, 9.17) is 90.0 Å². The van der Waals surface area contributed by atoms with Crippen molar-refractivity contribution < 1.29 is 95.1 Å². The number of ether oxygens (including phenoxy) is 19. The van der Waals surface area contributed by atoms with E-state index in [2.05, 4.69) is 36.2 Å². The van der Waals surface area contributed by atoms with Crippen molar-refractivity contribution in [2.75, 3.05) is 302 Å². The largest absolute Gasteiger partial charge is 0.491 e. The SMILES string of the molecule is C1COCCNCCOCCOC1.C1COCCOCCCOCCOC1.C1COCCSCCOCCOCCSC1.OCC1CSCCOCCCOCCSCCCO1.c1cc2nc(c1)COCc1cccc(n1)COCc1cccc(n1)COC2.c1ccc2c(c1)NCCOCCCNCCOCCNCCCO2. The molecule has 1 unspecified atom stereocenters. The van der Waals surface area contributed by atoms with Gasteiger partial charge in [-0.2, -0.15) is 47.0 Å². The van der Waals surface area contributed by atoms with Crippen LogP contribution >= 0.6 is 47.0 Å². The van der Waals surface area contributed by atoms with Crippen LogP contribution in [0.5, 0.6) is 5.75 Å². The molecule has 113 heavy (non-hydrogen) atoms. The third-order valence-corrected chi connectivity index (χ3v) is 20.2. The van der Waals surface area contributed by atoms with Gasteiger partial charge in [-0.15, -0.1) is 0 Å². The van der Waals surface area contributed by atoms with Crippen molar-refractivity contribution >= 4 is 52.7 Å². The summed E-state index contributed by atoms with van der Waals surface area (Å²) in [6.07, 6.45) is 7.97. The fourth-order valence-corrected chi connectivity index (χ4v) is 13.4. The molecule has 646 valence electrons. The highest BCUT2D eigenvalue weighted by molar-refractivity contribution is 7.99. The van der Waals surface area contributed by atoms with E-state index in [0.29, 0.717) is 92.5 Å². The number of fused-ring (bicyclic) bond motifs is 7. The van der Waals surface area contributed by atoms with E-state index >= 15 is 0 Å².